The number of benzene rings is 2. The molecule has 2 aliphatic heterocycles. The van der Waals surface area contributed by atoms with Gasteiger partial charge in [0.1, 0.15) is 16.6 Å². The zero-order chi connectivity index (χ0) is 21.5. The van der Waals surface area contributed by atoms with Crippen LogP contribution in [0.25, 0.3) is 4.91 Å². The van der Waals surface area contributed by atoms with Gasteiger partial charge in [-0.1, -0.05) is 50.2 Å². The summed E-state index contributed by atoms with van der Waals surface area (Å²) in [5.41, 5.74) is 3.08. The lowest BCUT2D eigenvalue weighted by Crippen LogP contribution is -2.49. The molecule has 1 fully saturated rings. The molecule has 5 nitrogen and oxygen atoms in total. The first-order valence-electron chi connectivity index (χ1n) is 10.2. The number of piperazine rings is 1. The van der Waals surface area contributed by atoms with Crippen LogP contribution in [0.2, 0.25) is 0 Å². The molecule has 0 unspecified atom stereocenters. The van der Waals surface area contributed by atoms with Crippen LogP contribution in [0.4, 0.5) is 10.1 Å². The van der Waals surface area contributed by atoms with E-state index < -0.39 is 10.0 Å². The van der Waals surface area contributed by atoms with Gasteiger partial charge < -0.3 is 9.80 Å². The Balaban J connectivity index is 1.56. The molecule has 158 valence electrons. The summed E-state index contributed by atoms with van der Waals surface area (Å²) in [6.45, 7) is 8.40. The maximum absolute atomic E-state index is 14.1. The van der Waals surface area contributed by atoms with Gasteiger partial charge in [0.05, 0.1) is 5.69 Å². The Labute approximate surface area is 177 Å². The third-order valence-electron chi connectivity index (χ3n) is 5.75. The second-order valence-corrected chi connectivity index (χ2v) is 9.59. The van der Waals surface area contributed by atoms with Gasteiger partial charge in [-0.05, 0) is 36.1 Å². The second-order valence-electron chi connectivity index (χ2n) is 8.05. The number of hydrogen-bond acceptors (Lipinski definition) is 4. The molecule has 0 bridgehead atoms. The van der Waals surface area contributed by atoms with Crippen molar-refractivity contribution in [3.8, 4) is 0 Å². The van der Waals surface area contributed by atoms with Crippen LogP contribution in [0, 0.1) is 5.82 Å². The topological polar surface area (TPSA) is 53.0 Å². The molecule has 2 aromatic carbocycles. The fourth-order valence-corrected chi connectivity index (χ4v) is 5.55. The standard InChI is InChI=1S/C23H26FN3O2S/c1-16(2)18-8-10-19(11-9-18)22-17(3)23(25-30(22,28)29)27-14-12-26(13-15-27)21-7-5-4-6-20(21)24/h4-11,16H,12-15H2,1-3H3. The van der Waals surface area contributed by atoms with Gasteiger partial charge in [-0.3, -0.25) is 0 Å². The van der Waals surface area contributed by atoms with E-state index in [1.807, 2.05) is 47.1 Å². The van der Waals surface area contributed by atoms with Gasteiger partial charge in [0.25, 0.3) is 10.0 Å². The summed E-state index contributed by atoms with van der Waals surface area (Å²) in [6, 6.07) is 14.4. The fraction of sp³-hybridized carbons (Fsp3) is 0.348. The quantitative estimate of drug-likeness (QED) is 0.735. The van der Waals surface area contributed by atoms with Crippen molar-refractivity contribution in [3.05, 3.63) is 71.0 Å². The number of amidine groups is 1. The highest BCUT2D eigenvalue weighted by Crippen LogP contribution is 2.34. The predicted molar refractivity (Wildman–Crippen MR) is 120 cm³/mol. The number of sulfonamides is 1. The van der Waals surface area contributed by atoms with Crippen molar-refractivity contribution in [3.63, 3.8) is 0 Å². The normalized spacial score (nSPS) is 18.9. The number of nitrogens with zero attached hydrogens (tertiary/aromatic N) is 3. The Morgan fingerprint density at radius 1 is 0.933 bits per heavy atom. The molecule has 0 N–H and O–H groups in total. The third kappa shape index (κ3) is 3.74. The van der Waals surface area contributed by atoms with E-state index in [4.69, 9.17) is 0 Å². The molecule has 7 heteroatoms. The summed E-state index contributed by atoms with van der Waals surface area (Å²) in [7, 11) is -3.74. The molecule has 0 amide bonds. The van der Waals surface area contributed by atoms with Crippen LogP contribution in [0.5, 0.6) is 0 Å². The molecule has 2 heterocycles. The van der Waals surface area contributed by atoms with E-state index in [-0.39, 0.29) is 10.7 Å². The largest absolute Gasteiger partial charge is 0.366 e. The number of anilines is 1. The maximum Gasteiger partial charge on any atom is 0.285 e. The van der Waals surface area contributed by atoms with Crippen molar-refractivity contribution >= 4 is 26.5 Å². The first kappa shape index (κ1) is 20.6. The average Bonchev–Trinajstić information content (AvgIpc) is 2.97. The highest BCUT2D eigenvalue weighted by molar-refractivity contribution is 8.00. The van der Waals surface area contributed by atoms with Gasteiger partial charge in [-0.15, -0.1) is 4.40 Å². The van der Waals surface area contributed by atoms with Crippen LogP contribution in [0.1, 0.15) is 37.8 Å². The van der Waals surface area contributed by atoms with Crippen LogP contribution in [0.3, 0.4) is 0 Å². The molecule has 0 saturated carbocycles. The van der Waals surface area contributed by atoms with Crippen LogP contribution >= 0.6 is 0 Å². The highest BCUT2D eigenvalue weighted by Gasteiger charge is 2.34. The number of halogens is 1. The number of hydrogen-bond donors (Lipinski definition) is 0. The van der Waals surface area contributed by atoms with Crippen LogP contribution < -0.4 is 4.90 Å². The summed E-state index contributed by atoms with van der Waals surface area (Å²) in [5.74, 6) is 0.646. The van der Waals surface area contributed by atoms with Crippen LogP contribution in [-0.4, -0.2) is 45.3 Å². The Kier molecular flexibility index (Phi) is 5.40. The molecule has 0 spiro atoms. The highest BCUT2D eigenvalue weighted by atomic mass is 32.2. The molecule has 2 aromatic rings. The summed E-state index contributed by atoms with van der Waals surface area (Å²) in [4.78, 5) is 4.25. The van der Waals surface area contributed by atoms with E-state index in [0.717, 1.165) is 5.56 Å². The molecule has 2 aliphatic rings. The first-order valence-corrected chi connectivity index (χ1v) is 11.6. The lowest BCUT2D eigenvalue weighted by molar-refractivity contribution is 0.384. The van der Waals surface area contributed by atoms with Crippen molar-refractivity contribution in [2.24, 2.45) is 4.40 Å². The Hall–Kier alpha value is -2.67. The maximum atomic E-state index is 14.1. The van der Waals surface area contributed by atoms with Gasteiger partial charge >= 0.3 is 0 Å². The predicted octanol–water partition coefficient (Wildman–Crippen LogP) is 4.24. The Morgan fingerprint density at radius 2 is 1.53 bits per heavy atom. The third-order valence-corrected chi connectivity index (χ3v) is 7.22. The molecule has 0 atom stereocenters. The van der Waals surface area contributed by atoms with Gasteiger partial charge in [-0.25, -0.2) is 4.39 Å². The van der Waals surface area contributed by atoms with Gasteiger partial charge in [0.2, 0.25) is 0 Å². The summed E-state index contributed by atoms with van der Waals surface area (Å²) < 4.78 is 43.9. The van der Waals surface area contributed by atoms with Crippen molar-refractivity contribution in [2.45, 2.75) is 26.7 Å². The molecule has 30 heavy (non-hydrogen) atoms. The van der Waals surface area contributed by atoms with Gasteiger partial charge in [0, 0.05) is 31.8 Å². The minimum absolute atomic E-state index is 0.241. The smallest absolute Gasteiger partial charge is 0.285 e. The Bertz CT molecular complexity index is 1110. The number of rotatable bonds is 3. The zero-order valence-electron chi connectivity index (χ0n) is 17.5. The second kappa shape index (κ2) is 7.87. The van der Waals surface area contributed by atoms with Gasteiger partial charge in [0.15, 0.2) is 0 Å². The minimum Gasteiger partial charge on any atom is -0.366 e. The molecule has 1 saturated heterocycles. The molecule has 4 rings (SSSR count). The van der Waals surface area contributed by atoms with Crippen molar-refractivity contribution in [1.29, 1.82) is 0 Å². The van der Waals surface area contributed by atoms with Crippen molar-refractivity contribution in [1.82, 2.24) is 4.90 Å². The van der Waals surface area contributed by atoms with E-state index in [0.29, 0.717) is 54.8 Å². The lowest BCUT2D eigenvalue weighted by Gasteiger charge is -2.37. The SMILES string of the molecule is CC1=C(c2ccc(C(C)C)cc2)S(=O)(=O)N=C1N1CCN(c2ccccc2F)CC1. The molecule has 0 aliphatic carbocycles. The minimum atomic E-state index is -3.74. The van der Waals surface area contributed by atoms with E-state index in [2.05, 4.69) is 18.2 Å². The van der Waals surface area contributed by atoms with Gasteiger partial charge in [-0.2, -0.15) is 8.42 Å². The summed E-state index contributed by atoms with van der Waals surface area (Å²) in [6.07, 6.45) is 0. The van der Waals surface area contributed by atoms with E-state index in [9.17, 15) is 12.8 Å². The average molecular weight is 428 g/mol. The van der Waals surface area contributed by atoms with E-state index >= 15 is 0 Å². The van der Waals surface area contributed by atoms with E-state index in [1.54, 1.807) is 12.1 Å². The first-order chi connectivity index (χ1) is 14.3. The van der Waals surface area contributed by atoms with Crippen molar-refractivity contribution in [2.75, 3.05) is 31.1 Å². The van der Waals surface area contributed by atoms with E-state index in [1.165, 1.54) is 6.07 Å². The van der Waals surface area contributed by atoms with Crippen LogP contribution in [-0.2, 0) is 10.0 Å². The van der Waals surface area contributed by atoms with Crippen molar-refractivity contribution < 1.29 is 12.8 Å². The Morgan fingerprint density at radius 3 is 2.13 bits per heavy atom. The molecular formula is C23H26FN3O2S. The molecular weight excluding hydrogens is 401 g/mol. The lowest BCUT2D eigenvalue weighted by atomic mass is 10.0. The molecule has 0 aromatic heterocycles. The zero-order valence-corrected chi connectivity index (χ0v) is 18.3. The fourth-order valence-electron chi connectivity index (χ4n) is 4.07. The number of para-hydroxylation sites is 1. The monoisotopic (exact) mass is 427 g/mol. The summed E-state index contributed by atoms with van der Waals surface area (Å²) in [5, 5.41) is 0. The summed E-state index contributed by atoms with van der Waals surface area (Å²) >= 11 is 0. The molecule has 0 radical (unpaired) electrons. The van der Waals surface area contributed by atoms with Crippen LogP contribution in [0.15, 0.2) is 58.5 Å².